The molecule has 0 amide bonds. The van der Waals surface area contributed by atoms with Crippen LogP contribution in [0.2, 0.25) is 0 Å². The van der Waals surface area contributed by atoms with Crippen molar-refractivity contribution in [2.45, 2.75) is 26.2 Å². The lowest BCUT2D eigenvalue weighted by Gasteiger charge is -2.36. The molecule has 0 radical (unpaired) electrons. The van der Waals surface area contributed by atoms with Crippen LogP contribution in [-0.2, 0) is 0 Å². The number of methoxy groups -OCH3 is 3. The second-order valence-electron chi connectivity index (χ2n) is 5.95. The fraction of sp³-hybridized carbons (Fsp3) is 0.647. The lowest BCUT2D eigenvalue weighted by molar-refractivity contribution is 0.244. The summed E-state index contributed by atoms with van der Waals surface area (Å²) in [6, 6.07) is 3.91. The van der Waals surface area contributed by atoms with E-state index in [9.17, 15) is 0 Å². The molecule has 0 aromatic heterocycles. The highest BCUT2D eigenvalue weighted by Gasteiger charge is 2.33. The highest BCUT2D eigenvalue weighted by Crippen LogP contribution is 2.45. The molecule has 0 aliphatic carbocycles. The molecule has 1 aromatic rings. The third-order valence-electron chi connectivity index (χ3n) is 4.51. The average Bonchev–Trinajstić information content (AvgIpc) is 2.53. The van der Waals surface area contributed by atoms with Gasteiger partial charge in [0.2, 0.25) is 0 Å². The standard InChI is InChI=1S/C17H27NO3/c1-11(2)14-10-18-7-6-13(14)17-15(20-4)8-12(19-3)9-16(17)21-5/h8-9,11,13-14,18H,6-7,10H2,1-5H3. The predicted molar refractivity (Wildman–Crippen MR) is 84.7 cm³/mol. The minimum atomic E-state index is 0.446. The van der Waals surface area contributed by atoms with Crippen molar-refractivity contribution < 1.29 is 14.2 Å². The maximum absolute atomic E-state index is 5.63. The molecule has 1 fully saturated rings. The Bertz CT molecular complexity index is 448. The summed E-state index contributed by atoms with van der Waals surface area (Å²) in [5, 5.41) is 3.51. The summed E-state index contributed by atoms with van der Waals surface area (Å²) in [6.45, 7) is 6.65. The van der Waals surface area contributed by atoms with Crippen LogP contribution in [0.1, 0.15) is 31.7 Å². The van der Waals surface area contributed by atoms with Crippen molar-refractivity contribution in [1.29, 1.82) is 0 Å². The van der Waals surface area contributed by atoms with E-state index in [0.29, 0.717) is 17.8 Å². The Morgan fingerprint density at radius 3 is 2.14 bits per heavy atom. The summed E-state index contributed by atoms with van der Waals surface area (Å²) < 4.78 is 16.6. The fourth-order valence-corrected chi connectivity index (χ4v) is 3.34. The van der Waals surface area contributed by atoms with E-state index in [1.807, 2.05) is 12.1 Å². The van der Waals surface area contributed by atoms with E-state index >= 15 is 0 Å². The smallest absolute Gasteiger partial charge is 0.129 e. The quantitative estimate of drug-likeness (QED) is 0.905. The summed E-state index contributed by atoms with van der Waals surface area (Å²) in [6.07, 6.45) is 1.10. The summed E-state index contributed by atoms with van der Waals surface area (Å²) in [4.78, 5) is 0. The second kappa shape index (κ2) is 7.03. The van der Waals surface area contributed by atoms with Crippen LogP contribution in [0.3, 0.4) is 0 Å². The molecule has 2 rings (SSSR count). The Balaban J connectivity index is 2.49. The number of benzene rings is 1. The number of hydrogen-bond acceptors (Lipinski definition) is 4. The van der Waals surface area contributed by atoms with Gasteiger partial charge in [0.05, 0.1) is 21.3 Å². The zero-order valence-corrected chi connectivity index (χ0v) is 13.7. The SMILES string of the molecule is COc1cc(OC)c(C2CCNCC2C(C)C)c(OC)c1. The Labute approximate surface area is 127 Å². The maximum Gasteiger partial charge on any atom is 0.129 e. The molecule has 1 N–H and O–H groups in total. The molecule has 0 bridgehead atoms. The molecular weight excluding hydrogens is 266 g/mol. The molecule has 0 spiro atoms. The van der Waals surface area contributed by atoms with Crippen LogP contribution in [0, 0.1) is 11.8 Å². The normalized spacial score (nSPS) is 22.2. The molecule has 1 aromatic carbocycles. The average molecular weight is 293 g/mol. The first-order valence-electron chi connectivity index (χ1n) is 7.63. The number of ether oxygens (including phenoxy) is 3. The molecule has 1 heterocycles. The predicted octanol–water partition coefficient (Wildman–Crippen LogP) is 3.06. The van der Waals surface area contributed by atoms with Crippen molar-refractivity contribution >= 4 is 0 Å². The van der Waals surface area contributed by atoms with Crippen LogP contribution >= 0.6 is 0 Å². The monoisotopic (exact) mass is 293 g/mol. The van der Waals surface area contributed by atoms with Crippen LogP contribution < -0.4 is 19.5 Å². The van der Waals surface area contributed by atoms with Gasteiger partial charge in [-0.1, -0.05) is 13.8 Å². The van der Waals surface area contributed by atoms with Gasteiger partial charge < -0.3 is 19.5 Å². The van der Waals surface area contributed by atoms with Crippen LogP contribution in [0.25, 0.3) is 0 Å². The van der Waals surface area contributed by atoms with E-state index in [2.05, 4.69) is 19.2 Å². The first kappa shape index (κ1) is 16.0. The summed E-state index contributed by atoms with van der Waals surface area (Å²) in [5.41, 5.74) is 1.18. The van der Waals surface area contributed by atoms with Crippen molar-refractivity contribution in [3.63, 3.8) is 0 Å². The van der Waals surface area contributed by atoms with Crippen LogP contribution in [-0.4, -0.2) is 34.4 Å². The van der Waals surface area contributed by atoms with Gasteiger partial charge in [-0.05, 0) is 37.3 Å². The molecule has 21 heavy (non-hydrogen) atoms. The van der Waals surface area contributed by atoms with Crippen molar-refractivity contribution in [3.8, 4) is 17.2 Å². The zero-order chi connectivity index (χ0) is 15.4. The molecule has 2 atom stereocenters. The maximum atomic E-state index is 5.63. The van der Waals surface area contributed by atoms with Crippen LogP contribution in [0.4, 0.5) is 0 Å². The third-order valence-corrected chi connectivity index (χ3v) is 4.51. The Morgan fingerprint density at radius 1 is 1.05 bits per heavy atom. The van der Waals surface area contributed by atoms with E-state index in [1.165, 1.54) is 5.56 Å². The summed E-state index contributed by atoms with van der Waals surface area (Å²) in [5.74, 6) is 4.13. The number of piperidine rings is 1. The largest absolute Gasteiger partial charge is 0.496 e. The van der Waals surface area contributed by atoms with E-state index in [0.717, 1.165) is 36.8 Å². The van der Waals surface area contributed by atoms with Crippen molar-refractivity contribution in [2.24, 2.45) is 11.8 Å². The molecule has 1 aliphatic heterocycles. The van der Waals surface area contributed by atoms with Gasteiger partial charge in [-0.25, -0.2) is 0 Å². The minimum Gasteiger partial charge on any atom is -0.496 e. The first-order valence-corrected chi connectivity index (χ1v) is 7.63. The van der Waals surface area contributed by atoms with Gasteiger partial charge in [-0.3, -0.25) is 0 Å². The third kappa shape index (κ3) is 3.26. The Morgan fingerprint density at radius 2 is 1.67 bits per heavy atom. The number of rotatable bonds is 5. The van der Waals surface area contributed by atoms with Crippen LogP contribution in [0.5, 0.6) is 17.2 Å². The van der Waals surface area contributed by atoms with Gasteiger partial charge in [-0.15, -0.1) is 0 Å². The molecule has 2 unspecified atom stereocenters. The Hall–Kier alpha value is -1.42. The van der Waals surface area contributed by atoms with E-state index in [1.54, 1.807) is 21.3 Å². The number of nitrogens with one attached hydrogen (secondary N) is 1. The van der Waals surface area contributed by atoms with E-state index in [4.69, 9.17) is 14.2 Å². The topological polar surface area (TPSA) is 39.7 Å². The Kier molecular flexibility index (Phi) is 5.34. The van der Waals surface area contributed by atoms with Gasteiger partial charge in [0.15, 0.2) is 0 Å². The zero-order valence-electron chi connectivity index (χ0n) is 13.7. The van der Waals surface area contributed by atoms with Crippen molar-refractivity contribution in [1.82, 2.24) is 5.32 Å². The molecule has 4 heteroatoms. The molecule has 0 saturated carbocycles. The van der Waals surface area contributed by atoms with Crippen LogP contribution in [0.15, 0.2) is 12.1 Å². The van der Waals surface area contributed by atoms with Gasteiger partial charge in [-0.2, -0.15) is 0 Å². The highest BCUT2D eigenvalue weighted by molar-refractivity contribution is 5.53. The fourth-order valence-electron chi connectivity index (χ4n) is 3.34. The lowest BCUT2D eigenvalue weighted by Crippen LogP contribution is -2.38. The van der Waals surface area contributed by atoms with Crippen molar-refractivity contribution in [3.05, 3.63) is 17.7 Å². The highest BCUT2D eigenvalue weighted by atomic mass is 16.5. The first-order chi connectivity index (χ1) is 10.1. The van der Waals surface area contributed by atoms with Crippen molar-refractivity contribution in [2.75, 3.05) is 34.4 Å². The van der Waals surface area contributed by atoms with Gasteiger partial charge in [0.1, 0.15) is 17.2 Å². The van der Waals surface area contributed by atoms with Gasteiger partial charge >= 0.3 is 0 Å². The summed E-state index contributed by atoms with van der Waals surface area (Å²) >= 11 is 0. The van der Waals surface area contributed by atoms with E-state index in [-0.39, 0.29) is 0 Å². The minimum absolute atomic E-state index is 0.446. The molecule has 1 saturated heterocycles. The lowest BCUT2D eigenvalue weighted by atomic mass is 9.75. The molecule has 1 aliphatic rings. The molecular formula is C17H27NO3. The number of hydrogen-bond donors (Lipinski definition) is 1. The van der Waals surface area contributed by atoms with Gasteiger partial charge in [0, 0.05) is 17.7 Å². The van der Waals surface area contributed by atoms with E-state index < -0.39 is 0 Å². The summed E-state index contributed by atoms with van der Waals surface area (Å²) in [7, 11) is 5.08. The van der Waals surface area contributed by atoms with Gasteiger partial charge in [0.25, 0.3) is 0 Å². The second-order valence-corrected chi connectivity index (χ2v) is 5.95. The molecule has 4 nitrogen and oxygen atoms in total. The molecule has 118 valence electrons.